The molecule has 2 aromatic carbocycles. The molecule has 0 unspecified atom stereocenters. The molecule has 1 aliphatic heterocycles. The molecule has 32 heavy (non-hydrogen) atoms. The van der Waals surface area contributed by atoms with Gasteiger partial charge in [0.15, 0.2) is 0 Å². The zero-order chi connectivity index (χ0) is 22.5. The Balaban J connectivity index is 1.38. The number of aliphatic hydroxyl groups is 1. The van der Waals surface area contributed by atoms with Gasteiger partial charge in [0.1, 0.15) is 11.4 Å². The Morgan fingerprint density at radius 3 is 2.75 bits per heavy atom. The van der Waals surface area contributed by atoms with Gasteiger partial charge in [-0.15, -0.1) is 0 Å². The second-order valence-electron chi connectivity index (χ2n) is 7.55. The van der Waals surface area contributed by atoms with Gasteiger partial charge in [-0.25, -0.2) is 4.39 Å². The van der Waals surface area contributed by atoms with Crippen molar-refractivity contribution < 1.29 is 27.1 Å². The standard InChI is InChI=1S/C22H18FN3O5S/c23-19-4-2-1-3-17(19)18(13-27)22(28)25-10-15-11-26(24-20(15)12-25)32(29,30)16-5-6-21-14(9-16)7-8-31-21/h1-9,11,18,27H,10,12-13H2/t18-/m1/s1. The smallest absolute Gasteiger partial charge is 0.282 e. The third-order valence-electron chi connectivity index (χ3n) is 5.60. The average Bonchev–Trinajstić information content (AvgIpc) is 3.49. The van der Waals surface area contributed by atoms with Gasteiger partial charge in [0, 0.05) is 29.3 Å². The average molecular weight is 455 g/mol. The number of aromatic nitrogens is 2. The first-order valence-electron chi connectivity index (χ1n) is 9.83. The van der Waals surface area contributed by atoms with E-state index in [0.29, 0.717) is 22.2 Å². The minimum Gasteiger partial charge on any atom is -0.464 e. The maximum Gasteiger partial charge on any atom is 0.282 e. The van der Waals surface area contributed by atoms with Gasteiger partial charge >= 0.3 is 0 Å². The molecule has 0 spiro atoms. The van der Waals surface area contributed by atoms with Gasteiger partial charge in [0.05, 0.1) is 35.9 Å². The SMILES string of the molecule is O=C([C@H](CO)c1ccccc1F)N1Cc2cn(S(=O)(=O)c3ccc4occc4c3)nc2C1. The maximum absolute atomic E-state index is 14.1. The van der Waals surface area contributed by atoms with Crippen molar-refractivity contribution in [3.8, 4) is 0 Å². The van der Waals surface area contributed by atoms with Crippen LogP contribution in [0.4, 0.5) is 4.39 Å². The molecule has 3 heterocycles. The predicted molar refractivity (Wildman–Crippen MR) is 112 cm³/mol. The molecular weight excluding hydrogens is 437 g/mol. The molecule has 0 aliphatic carbocycles. The van der Waals surface area contributed by atoms with Crippen molar-refractivity contribution in [1.82, 2.24) is 14.1 Å². The van der Waals surface area contributed by atoms with E-state index in [2.05, 4.69) is 5.10 Å². The first-order valence-corrected chi connectivity index (χ1v) is 11.3. The summed E-state index contributed by atoms with van der Waals surface area (Å²) in [4.78, 5) is 14.4. The zero-order valence-electron chi connectivity index (χ0n) is 16.7. The Bertz CT molecular complexity index is 1420. The topological polar surface area (TPSA) is 106 Å². The minimum absolute atomic E-state index is 0.0698. The van der Waals surface area contributed by atoms with Gasteiger partial charge < -0.3 is 14.4 Å². The van der Waals surface area contributed by atoms with Gasteiger partial charge in [-0.05, 0) is 30.3 Å². The third kappa shape index (κ3) is 3.28. The number of nitrogens with zero attached hydrogens (tertiary/aromatic N) is 3. The van der Waals surface area contributed by atoms with E-state index in [0.717, 1.165) is 4.09 Å². The fourth-order valence-electron chi connectivity index (χ4n) is 3.91. The number of benzene rings is 2. The molecular formula is C22H18FN3O5S. The van der Waals surface area contributed by atoms with E-state index in [-0.39, 0.29) is 23.5 Å². The van der Waals surface area contributed by atoms with E-state index in [4.69, 9.17) is 4.42 Å². The highest BCUT2D eigenvalue weighted by atomic mass is 32.2. The Labute approximate surface area is 182 Å². The second kappa shape index (κ2) is 7.57. The number of fused-ring (bicyclic) bond motifs is 2. The number of rotatable bonds is 5. The number of halogens is 1. The molecule has 5 rings (SSSR count). The summed E-state index contributed by atoms with van der Waals surface area (Å²) < 4.78 is 46.3. The molecule has 1 aliphatic rings. The molecule has 8 nitrogen and oxygen atoms in total. The van der Waals surface area contributed by atoms with E-state index in [9.17, 15) is 22.7 Å². The van der Waals surface area contributed by atoms with Crippen molar-refractivity contribution in [2.75, 3.05) is 6.61 Å². The number of aliphatic hydroxyl groups excluding tert-OH is 1. The van der Waals surface area contributed by atoms with Crippen LogP contribution < -0.4 is 0 Å². The highest BCUT2D eigenvalue weighted by Gasteiger charge is 2.34. The summed E-state index contributed by atoms with van der Waals surface area (Å²) in [5.74, 6) is -2.06. The lowest BCUT2D eigenvalue weighted by atomic mass is 9.98. The summed E-state index contributed by atoms with van der Waals surface area (Å²) in [6, 6.07) is 12.0. The van der Waals surface area contributed by atoms with Gasteiger partial charge in [-0.1, -0.05) is 18.2 Å². The highest BCUT2D eigenvalue weighted by molar-refractivity contribution is 7.89. The number of amides is 1. The molecule has 0 bridgehead atoms. The van der Waals surface area contributed by atoms with Crippen molar-refractivity contribution >= 4 is 26.9 Å². The Kier molecular flexibility index (Phi) is 4.83. The summed E-state index contributed by atoms with van der Waals surface area (Å²) in [6.45, 7) is -0.351. The molecule has 0 radical (unpaired) electrons. The molecule has 0 fully saturated rings. The first kappa shape index (κ1) is 20.4. The van der Waals surface area contributed by atoms with E-state index in [1.54, 1.807) is 18.2 Å². The lowest BCUT2D eigenvalue weighted by Crippen LogP contribution is -2.33. The van der Waals surface area contributed by atoms with Crippen molar-refractivity contribution in [3.05, 3.63) is 83.6 Å². The lowest BCUT2D eigenvalue weighted by molar-refractivity contribution is -0.134. The molecule has 10 heteroatoms. The first-order chi connectivity index (χ1) is 15.4. The Hall–Kier alpha value is -3.50. The van der Waals surface area contributed by atoms with Crippen LogP contribution >= 0.6 is 0 Å². The number of carbonyl (C=O) groups excluding carboxylic acids is 1. The molecule has 164 valence electrons. The quantitative estimate of drug-likeness (QED) is 0.496. The minimum atomic E-state index is -3.92. The van der Waals surface area contributed by atoms with Gasteiger partial charge in [0.25, 0.3) is 10.0 Å². The number of furan rings is 1. The molecule has 1 atom stereocenters. The number of hydrogen-bond acceptors (Lipinski definition) is 6. The molecule has 2 aromatic heterocycles. The van der Waals surface area contributed by atoms with E-state index in [1.165, 1.54) is 47.7 Å². The fraction of sp³-hybridized carbons (Fsp3) is 0.182. The van der Waals surface area contributed by atoms with Crippen LogP contribution in [0.25, 0.3) is 11.0 Å². The Morgan fingerprint density at radius 2 is 2.00 bits per heavy atom. The number of hydrogen-bond donors (Lipinski definition) is 1. The van der Waals surface area contributed by atoms with Gasteiger partial charge in [-0.2, -0.15) is 17.6 Å². The zero-order valence-corrected chi connectivity index (χ0v) is 17.5. The molecule has 0 saturated heterocycles. The third-order valence-corrected chi connectivity index (χ3v) is 7.13. The van der Waals surface area contributed by atoms with Crippen LogP contribution in [0, 0.1) is 5.82 Å². The molecule has 0 saturated carbocycles. The van der Waals surface area contributed by atoms with Crippen molar-refractivity contribution in [3.63, 3.8) is 0 Å². The van der Waals surface area contributed by atoms with E-state index < -0.39 is 34.3 Å². The van der Waals surface area contributed by atoms with Crippen LogP contribution in [0.1, 0.15) is 22.7 Å². The van der Waals surface area contributed by atoms with Crippen LogP contribution in [0.15, 0.2) is 70.3 Å². The van der Waals surface area contributed by atoms with Crippen molar-refractivity contribution in [1.29, 1.82) is 0 Å². The largest absolute Gasteiger partial charge is 0.464 e. The van der Waals surface area contributed by atoms with Crippen LogP contribution in [0.3, 0.4) is 0 Å². The monoisotopic (exact) mass is 455 g/mol. The van der Waals surface area contributed by atoms with Crippen LogP contribution in [0.2, 0.25) is 0 Å². The van der Waals surface area contributed by atoms with Gasteiger partial charge in [0.2, 0.25) is 5.91 Å². The summed E-state index contributed by atoms with van der Waals surface area (Å²) in [5, 5.41) is 14.6. The molecule has 1 N–H and O–H groups in total. The fourth-order valence-corrected chi connectivity index (χ4v) is 5.11. The normalized spacial score (nSPS) is 14.6. The summed E-state index contributed by atoms with van der Waals surface area (Å²) in [6.07, 6.45) is 2.87. The van der Waals surface area contributed by atoms with Crippen LogP contribution in [-0.2, 0) is 27.9 Å². The predicted octanol–water partition coefficient (Wildman–Crippen LogP) is 2.62. The van der Waals surface area contributed by atoms with Crippen LogP contribution in [0.5, 0.6) is 0 Å². The molecule has 1 amide bonds. The van der Waals surface area contributed by atoms with Crippen molar-refractivity contribution in [2.24, 2.45) is 0 Å². The van der Waals surface area contributed by atoms with Crippen LogP contribution in [-0.4, -0.2) is 40.1 Å². The van der Waals surface area contributed by atoms with Crippen molar-refractivity contribution in [2.45, 2.75) is 23.9 Å². The number of carbonyl (C=O) groups is 1. The van der Waals surface area contributed by atoms with E-state index >= 15 is 0 Å². The second-order valence-corrected chi connectivity index (χ2v) is 9.35. The van der Waals surface area contributed by atoms with E-state index in [1.807, 2.05) is 0 Å². The molecule has 4 aromatic rings. The van der Waals surface area contributed by atoms with Gasteiger partial charge in [-0.3, -0.25) is 4.79 Å². The lowest BCUT2D eigenvalue weighted by Gasteiger charge is -2.22. The summed E-state index contributed by atoms with van der Waals surface area (Å²) in [5.41, 5.74) is 1.72. The summed E-state index contributed by atoms with van der Waals surface area (Å²) >= 11 is 0. The summed E-state index contributed by atoms with van der Waals surface area (Å²) in [7, 11) is -3.92. The highest BCUT2D eigenvalue weighted by Crippen LogP contribution is 2.29. The maximum atomic E-state index is 14.1. The Morgan fingerprint density at radius 1 is 1.19 bits per heavy atom.